The van der Waals surface area contributed by atoms with Crippen molar-refractivity contribution in [3.63, 3.8) is 0 Å². The fourth-order valence-electron chi connectivity index (χ4n) is 6.45. The van der Waals surface area contributed by atoms with E-state index < -0.39 is 0 Å². The molecular formula is C36H34. The molecule has 0 spiro atoms. The SMILES string of the molecule is CC1=Cc2c(-c3ccccc3)cccc2C1CCCCC1C(C)=Cc2c(-c3ccccc3)cccc21. The normalized spacial score (nSPS) is 17.9. The Bertz CT molecular complexity index is 1320. The van der Waals surface area contributed by atoms with E-state index in [2.05, 4.69) is 123 Å². The molecule has 0 saturated carbocycles. The second-order valence-electron chi connectivity index (χ2n) is 10.5. The molecule has 0 heteroatoms. The van der Waals surface area contributed by atoms with Crippen LogP contribution >= 0.6 is 0 Å². The maximum atomic E-state index is 2.44. The molecule has 2 aliphatic rings. The zero-order chi connectivity index (χ0) is 24.5. The summed E-state index contributed by atoms with van der Waals surface area (Å²) in [6.07, 6.45) is 9.88. The van der Waals surface area contributed by atoms with Gasteiger partial charge >= 0.3 is 0 Å². The number of allylic oxidation sites excluding steroid dienone is 2. The monoisotopic (exact) mass is 466 g/mol. The summed E-state index contributed by atoms with van der Waals surface area (Å²) >= 11 is 0. The van der Waals surface area contributed by atoms with E-state index in [0.717, 1.165) is 0 Å². The highest BCUT2D eigenvalue weighted by Gasteiger charge is 2.26. The van der Waals surface area contributed by atoms with Gasteiger partial charge in [-0.15, -0.1) is 0 Å². The average Bonchev–Trinajstić information content (AvgIpc) is 3.42. The molecule has 0 aliphatic heterocycles. The first-order valence-electron chi connectivity index (χ1n) is 13.4. The molecule has 2 unspecified atom stereocenters. The Balaban J connectivity index is 1.14. The van der Waals surface area contributed by atoms with E-state index in [0.29, 0.717) is 11.8 Å². The van der Waals surface area contributed by atoms with Crippen LogP contribution in [0.2, 0.25) is 0 Å². The minimum Gasteiger partial charge on any atom is -0.0652 e. The number of fused-ring (bicyclic) bond motifs is 2. The lowest BCUT2D eigenvalue weighted by atomic mass is 9.86. The van der Waals surface area contributed by atoms with Crippen LogP contribution in [0.5, 0.6) is 0 Å². The van der Waals surface area contributed by atoms with Crippen molar-refractivity contribution in [2.24, 2.45) is 0 Å². The largest absolute Gasteiger partial charge is 0.0652 e. The number of rotatable bonds is 7. The molecule has 0 nitrogen and oxygen atoms in total. The smallest absolute Gasteiger partial charge is 0.00548 e. The first kappa shape index (κ1) is 22.8. The predicted octanol–water partition coefficient (Wildman–Crippen LogP) is 10.3. The number of benzene rings is 4. The fourth-order valence-corrected chi connectivity index (χ4v) is 6.45. The van der Waals surface area contributed by atoms with Gasteiger partial charge in [0.05, 0.1) is 0 Å². The second kappa shape index (κ2) is 9.78. The van der Waals surface area contributed by atoms with Gasteiger partial charge in [-0.25, -0.2) is 0 Å². The molecule has 0 saturated heterocycles. The van der Waals surface area contributed by atoms with Crippen LogP contribution in [0, 0.1) is 0 Å². The van der Waals surface area contributed by atoms with Crippen LogP contribution in [0.3, 0.4) is 0 Å². The third-order valence-corrected chi connectivity index (χ3v) is 8.28. The molecule has 0 aromatic heterocycles. The maximum Gasteiger partial charge on any atom is 0.00548 e. The highest BCUT2D eigenvalue weighted by molar-refractivity contribution is 5.82. The molecular weight excluding hydrogens is 432 g/mol. The van der Waals surface area contributed by atoms with E-state index in [9.17, 15) is 0 Å². The highest BCUT2D eigenvalue weighted by atomic mass is 14.3. The van der Waals surface area contributed by atoms with Gasteiger partial charge in [-0.05, 0) is 71.2 Å². The van der Waals surface area contributed by atoms with Crippen molar-refractivity contribution in [1.82, 2.24) is 0 Å². The van der Waals surface area contributed by atoms with Gasteiger partial charge in [0.15, 0.2) is 0 Å². The van der Waals surface area contributed by atoms with Crippen molar-refractivity contribution in [2.45, 2.75) is 51.4 Å². The molecule has 178 valence electrons. The third kappa shape index (κ3) is 4.16. The Labute approximate surface area is 216 Å². The van der Waals surface area contributed by atoms with Crippen LogP contribution in [0.1, 0.15) is 73.6 Å². The molecule has 0 N–H and O–H groups in total. The van der Waals surface area contributed by atoms with Gasteiger partial charge in [0.1, 0.15) is 0 Å². The zero-order valence-electron chi connectivity index (χ0n) is 21.4. The minimum atomic E-state index is 0.556. The molecule has 0 bridgehead atoms. The zero-order valence-corrected chi connectivity index (χ0v) is 21.4. The van der Waals surface area contributed by atoms with Crippen LogP contribution in [-0.4, -0.2) is 0 Å². The summed E-state index contributed by atoms with van der Waals surface area (Å²) in [6.45, 7) is 4.65. The summed E-state index contributed by atoms with van der Waals surface area (Å²) in [5.74, 6) is 1.11. The van der Waals surface area contributed by atoms with Crippen molar-refractivity contribution in [2.75, 3.05) is 0 Å². The van der Waals surface area contributed by atoms with Gasteiger partial charge in [0, 0.05) is 11.8 Å². The van der Waals surface area contributed by atoms with E-state index in [1.54, 1.807) is 0 Å². The minimum absolute atomic E-state index is 0.556. The Morgan fingerprint density at radius 2 is 0.889 bits per heavy atom. The molecule has 4 aromatic carbocycles. The Kier molecular flexibility index (Phi) is 6.20. The van der Waals surface area contributed by atoms with Crippen molar-refractivity contribution < 1.29 is 0 Å². The lowest BCUT2D eigenvalue weighted by Crippen LogP contribution is -2.01. The third-order valence-electron chi connectivity index (χ3n) is 8.28. The Hall–Kier alpha value is -3.64. The van der Waals surface area contributed by atoms with Crippen LogP contribution in [-0.2, 0) is 0 Å². The molecule has 6 rings (SSSR count). The molecule has 0 fully saturated rings. The van der Waals surface area contributed by atoms with Crippen molar-refractivity contribution in [3.8, 4) is 22.3 Å². The summed E-state index contributed by atoms with van der Waals surface area (Å²) in [5, 5.41) is 0. The van der Waals surface area contributed by atoms with E-state index in [-0.39, 0.29) is 0 Å². The van der Waals surface area contributed by atoms with Crippen molar-refractivity contribution in [3.05, 3.63) is 130 Å². The molecule has 0 amide bonds. The first-order chi connectivity index (χ1) is 17.7. The summed E-state index contributed by atoms with van der Waals surface area (Å²) in [5.41, 5.74) is 14.3. The van der Waals surface area contributed by atoms with Crippen LogP contribution in [0.4, 0.5) is 0 Å². The summed E-state index contributed by atoms with van der Waals surface area (Å²) in [7, 11) is 0. The summed E-state index contributed by atoms with van der Waals surface area (Å²) < 4.78 is 0. The fraction of sp³-hybridized carbons (Fsp3) is 0.222. The van der Waals surface area contributed by atoms with Crippen LogP contribution < -0.4 is 0 Å². The topological polar surface area (TPSA) is 0 Å². The van der Waals surface area contributed by atoms with Crippen LogP contribution in [0.25, 0.3) is 34.4 Å². The average molecular weight is 467 g/mol. The predicted molar refractivity (Wildman–Crippen MR) is 155 cm³/mol. The van der Waals surface area contributed by atoms with Gasteiger partial charge in [-0.1, -0.05) is 133 Å². The quantitative estimate of drug-likeness (QED) is 0.238. The number of unbranched alkanes of at least 4 members (excludes halogenated alkanes) is 1. The highest BCUT2D eigenvalue weighted by Crippen LogP contribution is 2.45. The van der Waals surface area contributed by atoms with E-state index in [4.69, 9.17) is 0 Å². The van der Waals surface area contributed by atoms with Gasteiger partial charge < -0.3 is 0 Å². The van der Waals surface area contributed by atoms with Gasteiger partial charge in [0.25, 0.3) is 0 Å². The van der Waals surface area contributed by atoms with Crippen molar-refractivity contribution in [1.29, 1.82) is 0 Å². The van der Waals surface area contributed by atoms with Gasteiger partial charge in [-0.3, -0.25) is 0 Å². The molecule has 0 radical (unpaired) electrons. The number of hydrogen-bond donors (Lipinski definition) is 0. The molecule has 0 heterocycles. The molecule has 36 heavy (non-hydrogen) atoms. The molecule has 2 aliphatic carbocycles. The first-order valence-corrected chi connectivity index (χ1v) is 13.4. The molecule has 4 aromatic rings. The van der Waals surface area contributed by atoms with E-state index >= 15 is 0 Å². The number of hydrogen-bond acceptors (Lipinski definition) is 0. The summed E-state index contributed by atoms with van der Waals surface area (Å²) in [6, 6.07) is 35.4. The standard InChI is InChI=1S/C36H34/c1-25-23-35-31(27-13-5-3-6-14-27)19-11-21-33(35)29(25)17-9-10-18-30-26(2)24-36-32(20-12-22-34(30)36)28-15-7-4-8-16-28/h3-8,11-16,19-24,29-30H,9-10,17-18H2,1-2H3. The van der Waals surface area contributed by atoms with Gasteiger partial charge in [0.2, 0.25) is 0 Å². The second-order valence-corrected chi connectivity index (χ2v) is 10.5. The lowest BCUT2D eigenvalue weighted by Gasteiger charge is -2.18. The Morgan fingerprint density at radius 3 is 1.31 bits per heavy atom. The van der Waals surface area contributed by atoms with E-state index in [1.165, 1.54) is 81.3 Å². The maximum absolute atomic E-state index is 2.44. The van der Waals surface area contributed by atoms with E-state index in [1.807, 2.05) is 0 Å². The Morgan fingerprint density at radius 1 is 0.472 bits per heavy atom. The summed E-state index contributed by atoms with van der Waals surface area (Å²) in [4.78, 5) is 0. The lowest BCUT2D eigenvalue weighted by molar-refractivity contribution is 0.575. The molecule has 2 atom stereocenters. The van der Waals surface area contributed by atoms with Gasteiger partial charge in [-0.2, -0.15) is 0 Å². The van der Waals surface area contributed by atoms with Crippen molar-refractivity contribution >= 4 is 12.2 Å². The van der Waals surface area contributed by atoms with Crippen LogP contribution in [0.15, 0.2) is 108 Å².